The largest absolute Gasteiger partial charge is 0.496 e. The van der Waals surface area contributed by atoms with Crippen molar-refractivity contribution in [2.75, 3.05) is 13.0 Å². The highest BCUT2D eigenvalue weighted by Crippen LogP contribution is 2.33. The van der Waals surface area contributed by atoms with Gasteiger partial charge in [0.15, 0.2) is 5.82 Å². The first-order valence-corrected chi connectivity index (χ1v) is 10.9. The van der Waals surface area contributed by atoms with Crippen molar-refractivity contribution < 1.29 is 18.3 Å². The van der Waals surface area contributed by atoms with Crippen molar-refractivity contribution in [3.8, 4) is 33.5 Å². The summed E-state index contributed by atoms with van der Waals surface area (Å²) in [7, 11) is 1.63. The monoisotopic (exact) mass is 461 g/mol. The summed E-state index contributed by atoms with van der Waals surface area (Å²) in [5.41, 5.74) is 2.46. The number of thioether (sulfide) groups is 1. The molecule has 2 aromatic heterocycles. The van der Waals surface area contributed by atoms with Gasteiger partial charge in [-0.1, -0.05) is 23.9 Å². The van der Waals surface area contributed by atoms with Crippen LogP contribution < -0.4 is 15.3 Å². The van der Waals surface area contributed by atoms with Crippen molar-refractivity contribution in [1.82, 2.24) is 19.9 Å². The summed E-state index contributed by atoms with van der Waals surface area (Å²) in [6.45, 7) is -2.87. The van der Waals surface area contributed by atoms with Crippen LogP contribution in [0.25, 0.3) is 22.0 Å². The predicted octanol–water partition coefficient (Wildman–Crippen LogP) is 4.68. The van der Waals surface area contributed by atoms with Crippen LogP contribution in [0.1, 0.15) is 5.69 Å². The quantitative estimate of drug-likeness (QED) is 0.301. The van der Waals surface area contributed by atoms with Crippen molar-refractivity contribution >= 4 is 23.1 Å². The van der Waals surface area contributed by atoms with Gasteiger partial charge in [-0.15, -0.1) is 21.5 Å². The van der Waals surface area contributed by atoms with E-state index in [2.05, 4.69) is 19.9 Å². The molecule has 0 atom stereocenters. The van der Waals surface area contributed by atoms with E-state index in [0.29, 0.717) is 22.3 Å². The smallest absolute Gasteiger partial charge is 0.387 e. The minimum absolute atomic E-state index is 0.0609. The topological polar surface area (TPSA) is 88.1 Å². The molecule has 0 aliphatic carbocycles. The van der Waals surface area contributed by atoms with Gasteiger partial charge in [0, 0.05) is 16.7 Å². The van der Waals surface area contributed by atoms with Crippen molar-refractivity contribution in [2.24, 2.45) is 0 Å². The number of hydrogen-bond acceptors (Lipinski definition) is 8. The third-order valence-electron chi connectivity index (χ3n) is 4.24. The molecule has 0 spiro atoms. The number of rotatable bonds is 8. The molecule has 7 nitrogen and oxygen atoms in total. The molecule has 2 heterocycles. The van der Waals surface area contributed by atoms with Crippen molar-refractivity contribution in [2.45, 2.75) is 17.5 Å². The van der Waals surface area contributed by atoms with E-state index in [1.807, 2.05) is 29.6 Å². The summed E-state index contributed by atoms with van der Waals surface area (Å²) in [5, 5.41) is 11.6. The molecule has 11 heteroatoms. The van der Waals surface area contributed by atoms with Crippen molar-refractivity contribution in [3.05, 3.63) is 59.6 Å². The Balaban J connectivity index is 1.45. The lowest BCUT2D eigenvalue weighted by Gasteiger charge is -2.06. The number of nitrogens with zero attached hydrogens (tertiary/aromatic N) is 4. The first kappa shape index (κ1) is 21.1. The number of ether oxygens (including phenoxy) is 2. The zero-order valence-corrected chi connectivity index (χ0v) is 17.9. The molecule has 2 aromatic carbocycles. The van der Waals surface area contributed by atoms with Crippen LogP contribution in [-0.4, -0.2) is 33.6 Å². The Labute approximate surface area is 184 Å². The number of methoxy groups -OCH3 is 1. The normalized spacial score (nSPS) is 11.1. The molecule has 0 saturated carbocycles. The zero-order chi connectivity index (χ0) is 21.8. The van der Waals surface area contributed by atoms with Gasteiger partial charge in [0.25, 0.3) is 0 Å². The third-order valence-corrected chi connectivity index (χ3v) is 6.14. The van der Waals surface area contributed by atoms with E-state index in [1.165, 1.54) is 39.9 Å². The summed E-state index contributed by atoms with van der Waals surface area (Å²) < 4.78 is 35.7. The van der Waals surface area contributed by atoms with Crippen molar-refractivity contribution in [1.29, 1.82) is 0 Å². The van der Waals surface area contributed by atoms with E-state index in [-0.39, 0.29) is 5.75 Å². The van der Waals surface area contributed by atoms with Gasteiger partial charge in [0.1, 0.15) is 16.5 Å². The Morgan fingerprint density at radius 1 is 1.13 bits per heavy atom. The van der Waals surface area contributed by atoms with E-state index >= 15 is 0 Å². The van der Waals surface area contributed by atoms with Gasteiger partial charge in [-0.05, 0) is 36.4 Å². The fourth-order valence-corrected chi connectivity index (χ4v) is 4.52. The minimum atomic E-state index is -2.87. The van der Waals surface area contributed by atoms with Gasteiger partial charge < -0.3 is 15.3 Å². The van der Waals surface area contributed by atoms with Crippen LogP contribution in [0.2, 0.25) is 0 Å². The second-order valence-electron chi connectivity index (χ2n) is 6.21. The van der Waals surface area contributed by atoms with Crippen LogP contribution in [0, 0.1) is 0 Å². The van der Waals surface area contributed by atoms with Gasteiger partial charge in [-0.2, -0.15) is 8.78 Å². The number of benzene rings is 2. The Morgan fingerprint density at radius 2 is 1.90 bits per heavy atom. The molecule has 0 saturated heterocycles. The number of halogens is 2. The first-order chi connectivity index (χ1) is 15.0. The highest BCUT2D eigenvalue weighted by atomic mass is 32.2. The third kappa shape index (κ3) is 4.78. The van der Waals surface area contributed by atoms with E-state index in [9.17, 15) is 8.78 Å². The minimum Gasteiger partial charge on any atom is -0.496 e. The number of thiazole rings is 1. The number of nitrogens with two attached hydrogens (primary N) is 1. The molecule has 160 valence electrons. The summed E-state index contributed by atoms with van der Waals surface area (Å²) in [6.07, 6.45) is 0. The molecular weight excluding hydrogens is 444 g/mol. The van der Waals surface area contributed by atoms with Crippen LogP contribution in [0.15, 0.2) is 59.1 Å². The molecular formula is C20H17F2N5O2S2. The molecule has 0 radical (unpaired) electrons. The molecule has 0 aliphatic heterocycles. The van der Waals surface area contributed by atoms with Crippen LogP contribution >= 0.6 is 23.1 Å². The Bertz CT molecular complexity index is 1160. The molecule has 0 amide bonds. The lowest BCUT2D eigenvalue weighted by Crippen LogP contribution is -2.11. The zero-order valence-electron chi connectivity index (χ0n) is 16.2. The molecule has 31 heavy (non-hydrogen) atoms. The maximum absolute atomic E-state index is 12.3. The van der Waals surface area contributed by atoms with Gasteiger partial charge in [-0.25, -0.2) is 9.66 Å². The summed E-state index contributed by atoms with van der Waals surface area (Å²) in [5.74, 6) is 7.94. The second-order valence-corrected chi connectivity index (χ2v) is 8.01. The summed E-state index contributed by atoms with van der Waals surface area (Å²) in [6, 6.07) is 13.8. The van der Waals surface area contributed by atoms with E-state index < -0.39 is 6.61 Å². The van der Waals surface area contributed by atoms with Crippen LogP contribution in [-0.2, 0) is 5.75 Å². The summed E-state index contributed by atoms with van der Waals surface area (Å²) >= 11 is 2.93. The lowest BCUT2D eigenvalue weighted by atomic mass is 10.2. The SMILES string of the molecule is COc1ccccc1-c1nc(CSc2nnc(-c3ccc(OC(F)F)cc3)n2N)cs1. The Kier molecular flexibility index (Phi) is 6.33. The standard InChI is InChI=1S/C20H17F2N5O2S2/c1-28-16-5-3-2-4-15(16)18-24-13(10-30-18)11-31-20-26-25-17(27(20)23)12-6-8-14(9-7-12)29-19(21)22/h2-10,19H,11,23H2,1H3. The number of aromatic nitrogens is 4. The average Bonchev–Trinajstić information content (AvgIpc) is 3.39. The maximum atomic E-state index is 12.3. The fourth-order valence-electron chi connectivity index (χ4n) is 2.81. The van der Waals surface area contributed by atoms with Crippen LogP contribution in [0.3, 0.4) is 0 Å². The first-order valence-electron chi connectivity index (χ1n) is 9.01. The van der Waals surface area contributed by atoms with E-state index in [4.69, 9.17) is 10.6 Å². The maximum Gasteiger partial charge on any atom is 0.387 e. The predicted molar refractivity (Wildman–Crippen MR) is 116 cm³/mol. The van der Waals surface area contributed by atoms with E-state index in [0.717, 1.165) is 22.0 Å². The van der Waals surface area contributed by atoms with E-state index in [1.54, 1.807) is 19.2 Å². The lowest BCUT2D eigenvalue weighted by molar-refractivity contribution is -0.0498. The van der Waals surface area contributed by atoms with Gasteiger partial charge in [0.05, 0.1) is 18.4 Å². The Morgan fingerprint density at radius 3 is 2.65 bits per heavy atom. The Hall–Kier alpha value is -3.18. The molecule has 4 rings (SSSR count). The molecule has 0 unspecified atom stereocenters. The number of alkyl halides is 2. The summed E-state index contributed by atoms with van der Waals surface area (Å²) in [4.78, 5) is 4.68. The second kappa shape index (κ2) is 9.31. The molecule has 0 bridgehead atoms. The highest BCUT2D eigenvalue weighted by molar-refractivity contribution is 7.98. The van der Waals surface area contributed by atoms with Crippen LogP contribution in [0.5, 0.6) is 11.5 Å². The average molecular weight is 462 g/mol. The number of nitrogen functional groups attached to an aromatic ring is 1. The highest BCUT2D eigenvalue weighted by Gasteiger charge is 2.15. The molecule has 2 N–H and O–H groups in total. The number of para-hydroxylation sites is 1. The molecule has 4 aromatic rings. The van der Waals surface area contributed by atoms with Gasteiger partial charge in [-0.3, -0.25) is 0 Å². The number of hydrogen-bond donors (Lipinski definition) is 1. The molecule has 0 aliphatic rings. The van der Waals surface area contributed by atoms with Gasteiger partial charge >= 0.3 is 6.61 Å². The van der Waals surface area contributed by atoms with Crippen LogP contribution in [0.4, 0.5) is 8.78 Å². The molecule has 0 fully saturated rings. The fraction of sp³-hybridized carbons (Fsp3) is 0.150. The van der Waals surface area contributed by atoms with Crippen molar-refractivity contribution in [3.63, 3.8) is 0 Å². The van der Waals surface area contributed by atoms with Gasteiger partial charge in [0.2, 0.25) is 5.16 Å².